The largest absolute Gasteiger partial charge is 0.448 e. The van der Waals surface area contributed by atoms with E-state index in [2.05, 4.69) is 28.6 Å². The van der Waals surface area contributed by atoms with Crippen molar-refractivity contribution in [2.45, 2.75) is 58.0 Å². The lowest BCUT2D eigenvalue weighted by Crippen LogP contribution is -2.48. The number of piperidine rings is 1. The van der Waals surface area contributed by atoms with E-state index in [0.717, 1.165) is 63.4 Å². The highest BCUT2D eigenvalue weighted by Gasteiger charge is 2.31. The summed E-state index contributed by atoms with van der Waals surface area (Å²) in [6.45, 7) is 8.00. The van der Waals surface area contributed by atoms with E-state index in [-0.39, 0.29) is 0 Å². The van der Waals surface area contributed by atoms with E-state index in [4.69, 9.17) is 4.42 Å². The second kappa shape index (κ2) is 6.18. The van der Waals surface area contributed by atoms with Gasteiger partial charge in [0.05, 0.1) is 5.69 Å². The number of carbonyl (C=O) groups excluding carboxylic acids is 1. The maximum absolute atomic E-state index is 11.9. The molecule has 1 amide bonds. The number of likely N-dealkylation sites (tertiary alicyclic amines) is 2. The molecule has 1 aromatic rings. The maximum Gasteiger partial charge on any atom is 0.222 e. The summed E-state index contributed by atoms with van der Waals surface area (Å²) in [5, 5.41) is 0. The van der Waals surface area contributed by atoms with Crippen molar-refractivity contribution >= 4 is 5.91 Å². The SMILES string of the molecule is CC(C)c1nc(CN2CCCC(N3CCCC3=O)C2)co1. The second-order valence-electron chi connectivity index (χ2n) is 6.55. The molecular weight excluding hydrogens is 266 g/mol. The average molecular weight is 291 g/mol. The molecule has 0 N–H and O–H groups in total. The highest BCUT2D eigenvalue weighted by Crippen LogP contribution is 2.23. The first kappa shape index (κ1) is 14.6. The van der Waals surface area contributed by atoms with Crippen molar-refractivity contribution in [2.24, 2.45) is 0 Å². The minimum absolute atomic E-state index is 0.329. The van der Waals surface area contributed by atoms with Gasteiger partial charge in [0.1, 0.15) is 6.26 Å². The zero-order chi connectivity index (χ0) is 14.8. The van der Waals surface area contributed by atoms with Gasteiger partial charge in [-0.25, -0.2) is 4.98 Å². The van der Waals surface area contributed by atoms with Crippen molar-refractivity contribution in [3.05, 3.63) is 17.8 Å². The molecule has 0 saturated carbocycles. The van der Waals surface area contributed by atoms with Crippen LogP contribution in [0.25, 0.3) is 0 Å². The number of amides is 1. The van der Waals surface area contributed by atoms with Gasteiger partial charge in [-0.15, -0.1) is 0 Å². The lowest BCUT2D eigenvalue weighted by molar-refractivity contribution is -0.130. The number of oxazole rings is 1. The van der Waals surface area contributed by atoms with E-state index in [1.165, 1.54) is 0 Å². The number of hydrogen-bond acceptors (Lipinski definition) is 4. The molecule has 5 nitrogen and oxygen atoms in total. The van der Waals surface area contributed by atoms with Gasteiger partial charge in [-0.05, 0) is 25.8 Å². The summed E-state index contributed by atoms with van der Waals surface area (Å²) >= 11 is 0. The summed E-state index contributed by atoms with van der Waals surface area (Å²) in [5.41, 5.74) is 1.01. The summed E-state index contributed by atoms with van der Waals surface area (Å²) < 4.78 is 5.51. The molecule has 2 aliphatic rings. The molecule has 0 bridgehead atoms. The molecule has 3 heterocycles. The van der Waals surface area contributed by atoms with Crippen LogP contribution >= 0.6 is 0 Å². The topological polar surface area (TPSA) is 49.6 Å². The van der Waals surface area contributed by atoms with Crippen LogP contribution in [-0.2, 0) is 11.3 Å². The molecule has 0 aliphatic carbocycles. The molecule has 2 aliphatic heterocycles. The van der Waals surface area contributed by atoms with Crippen LogP contribution < -0.4 is 0 Å². The van der Waals surface area contributed by atoms with Crippen LogP contribution in [0.2, 0.25) is 0 Å². The van der Waals surface area contributed by atoms with Crippen LogP contribution in [0.4, 0.5) is 0 Å². The molecule has 1 unspecified atom stereocenters. The van der Waals surface area contributed by atoms with Crippen molar-refractivity contribution in [2.75, 3.05) is 19.6 Å². The summed E-state index contributed by atoms with van der Waals surface area (Å²) in [7, 11) is 0. The Morgan fingerprint density at radius 1 is 1.38 bits per heavy atom. The first-order chi connectivity index (χ1) is 10.1. The first-order valence-corrected chi connectivity index (χ1v) is 8.09. The van der Waals surface area contributed by atoms with Gasteiger partial charge in [-0.2, -0.15) is 0 Å². The molecule has 2 saturated heterocycles. The van der Waals surface area contributed by atoms with E-state index in [1.54, 1.807) is 6.26 Å². The van der Waals surface area contributed by atoms with E-state index in [0.29, 0.717) is 17.9 Å². The Bertz CT molecular complexity index is 497. The van der Waals surface area contributed by atoms with Gasteiger partial charge in [0.25, 0.3) is 0 Å². The Hall–Kier alpha value is -1.36. The summed E-state index contributed by atoms with van der Waals surface area (Å²) in [6, 6.07) is 0.394. The third-order valence-corrected chi connectivity index (χ3v) is 4.48. The Balaban J connectivity index is 1.59. The lowest BCUT2D eigenvalue weighted by Gasteiger charge is -2.37. The standard InChI is InChI=1S/C16H25N3O2/c1-12(2)16-17-13(11-21-16)9-18-7-3-5-14(10-18)19-8-4-6-15(19)20/h11-12,14H,3-10H2,1-2H3. The predicted molar refractivity (Wildman–Crippen MR) is 79.8 cm³/mol. The third-order valence-electron chi connectivity index (χ3n) is 4.48. The normalized spacial score (nSPS) is 24.2. The van der Waals surface area contributed by atoms with E-state index >= 15 is 0 Å². The Labute approximate surface area is 126 Å². The van der Waals surface area contributed by atoms with Gasteiger partial charge in [0.2, 0.25) is 5.91 Å². The number of rotatable bonds is 4. The number of nitrogens with zero attached hydrogens (tertiary/aromatic N) is 3. The molecule has 3 rings (SSSR count). The molecule has 116 valence electrons. The lowest BCUT2D eigenvalue weighted by atomic mass is 10.0. The summed E-state index contributed by atoms with van der Waals surface area (Å²) in [6.07, 6.45) is 5.83. The monoisotopic (exact) mass is 291 g/mol. The first-order valence-electron chi connectivity index (χ1n) is 8.09. The molecule has 0 radical (unpaired) electrons. The zero-order valence-corrected chi connectivity index (χ0v) is 13.0. The fourth-order valence-electron chi connectivity index (χ4n) is 3.37. The molecular formula is C16H25N3O2. The molecule has 0 aromatic carbocycles. The highest BCUT2D eigenvalue weighted by atomic mass is 16.3. The van der Waals surface area contributed by atoms with Crippen molar-refractivity contribution in [1.29, 1.82) is 0 Å². The van der Waals surface area contributed by atoms with Crippen LogP contribution in [-0.4, -0.2) is 46.4 Å². The van der Waals surface area contributed by atoms with E-state index in [1.807, 2.05) is 0 Å². The number of carbonyl (C=O) groups is 1. The average Bonchev–Trinajstić information content (AvgIpc) is 3.08. The van der Waals surface area contributed by atoms with Crippen LogP contribution in [0.15, 0.2) is 10.7 Å². The summed E-state index contributed by atoms with van der Waals surface area (Å²) in [4.78, 5) is 20.9. The van der Waals surface area contributed by atoms with E-state index < -0.39 is 0 Å². The van der Waals surface area contributed by atoms with Crippen molar-refractivity contribution in [1.82, 2.24) is 14.8 Å². The van der Waals surface area contributed by atoms with Crippen LogP contribution in [0.1, 0.15) is 57.0 Å². The minimum atomic E-state index is 0.329. The Morgan fingerprint density at radius 3 is 2.90 bits per heavy atom. The van der Waals surface area contributed by atoms with Crippen LogP contribution in [0, 0.1) is 0 Å². The predicted octanol–water partition coefficient (Wildman–Crippen LogP) is 2.38. The summed E-state index contributed by atoms with van der Waals surface area (Å²) in [5.74, 6) is 1.48. The Kier molecular flexibility index (Phi) is 4.29. The Morgan fingerprint density at radius 2 is 2.24 bits per heavy atom. The third kappa shape index (κ3) is 3.28. The molecule has 5 heteroatoms. The zero-order valence-electron chi connectivity index (χ0n) is 13.0. The van der Waals surface area contributed by atoms with Crippen LogP contribution in [0.3, 0.4) is 0 Å². The molecule has 21 heavy (non-hydrogen) atoms. The van der Waals surface area contributed by atoms with Gasteiger partial charge in [0.15, 0.2) is 5.89 Å². The van der Waals surface area contributed by atoms with Gasteiger partial charge in [-0.1, -0.05) is 13.8 Å². The molecule has 1 atom stereocenters. The quantitative estimate of drug-likeness (QED) is 0.854. The fourth-order valence-corrected chi connectivity index (χ4v) is 3.37. The van der Waals surface area contributed by atoms with Crippen molar-refractivity contribution in [3.63, 3.8) is 0 Å². The van der Waals surface area contributed by atoms with Gasteiger partial charge in [-0.3, -0.25) is 9.69 Å². The molecule has 1 aromatic heterocycles. The smallest absolute Gasteiger partial charge is 0.222 e. The number of hydrogen-bond donors (Lipinski definition) is 0. The van der Waals surface area contributed by atoms with Gasteiger partial charge < -0.3 is 9.32 Å². The van der Waals surface area contributed by atoms with Gasteiger partial charge in [0, 0.05) is 38.0 Å². The van der Waals surface area contributed by atoms with Gasteiger partial charge >= 0.3 is 0 Å². The van der Waals surface area contributed by atoms with Crippen molar-refractivity contribution in [3.8, 4) is 0 Å². The highest BCUT2D eigenvalue weighted by molar-refractivity contribution is 5.78. The second-order valence-corrected chi connectivity index (χ2v) is 6.55. The number of aromatic nitrogens is 1. The van der Waals surface area contributed by atoms with Crippen LogP contribution in [0.5, 0.6) is 0 Å². The minimum Gasteiger partial charge on any atom is -0.448 e. The molecule has 2 fully saturated rings. The molecule has 0 spiro atoms. The maximum atomic E-state index is 11.9. The van der Waals surface area contributed by atoms with E-state index in [9.17, 15) is 4.79 Å². The fraction of sp³-hybridized carbons (Fsp3) is 0.750. The van der Waals surface area contributed by atoms with Crippen molar-refractivity contribution < 1.29 is 9.21 Å².